The number of alkyl halides is 12. The van der Waals surface area contributed by atoms with Crippen LogP contribution in [-0.2, 0) is 26.4 Å². The molecule has 0 aliphatic rings. The molecule has 0 aromatic carbocycles. The zero-order valence-corrected chi connectivity index (χ0v) is 12.7. The second-order valence-corrected chi connectivity index (χ2v) is 3.74. The molecule has 0 spiro atoms. The van der Waals surface area contributed by atoms with Crippen molar-refractivity contribution in [2.24, 2.45) is 0 Å². The number of allylic oxidation sites excluding steroid dienone is 4. The molecule has 0 saturated carbocycles. The summed E-state index contributed by atoms with van der Waals surface area (Å²) in [6, 6.07) is 0. The Labute approximate surface area is 150 Å². The summed E-state index contributed by atoms with van der Waals surface area (Å²) < 4.78 is 136. The topological polar surface area (TPSA) is 80.3 Å². The number of hydrogen-bond donors (Lipinski definition) is 0. The van der Waals surface area contributed by atoms with Gasteiger partial charge >= 0.3 is 24.7 Å². The maximum atomic E-state index is 11.3. The number of rotatable bonds is 2. The van der Waals surface area contributed by atoms with Crippen molar-refractivity contribution < 1.29 is 89.3 Å². The fourth-order valence-corrected chi connectivity index (χ4v) is 0.565. The average Bonchev–Trinajstić information content (AvgIpc) is 2.34. The average molecular weight is 473 g/mol. The van der Waals surface area contributed by atoms with Crippen LogP contribution in [-0.4, -0.2) is 36.3 Å². The summed E-state index contributed by atoms with van der Waals surface area (Å²) in [5, 5.41) is 19.6. The van der Waals surface area contributed by atoms with E-state index in [0.717, 1.165) is 0 Å². The van der Waals surface area contributed by atoms with E-state index in [1.165, 1.54) is 0 Å². The smallest absolute Gasteiger partial charge is 0.454 e. The van der Waals surface area contributed by atoms with Gasteiger partial charge in [0.05, 0.1) is 0 Å². The van der Waals surface area contributed by atoms with Crippen LogP contribution in [0.5, 0.6) is 0 Å². The van der Waals surface area contributed by atoms with Crippen LogP contribution >= 0.6 is 0 Å². The van der Waals surface area contributed by atoms with Crippen LogP contribution in [0.3, 0.4) is 0 Å². The fourth-order valence-electron chi connectivity index (χ4n) is 0.565. The van der Waals surface area contributed by atoms with Crippen molar-refractivity contribution in [1.29, 1.82) is 0 Å². The van der Waals surface area contributed by atoms with Gasteiger partial charge in [-0.05, 0) is 23.7 Å². The molecule has 0 saturated heterocycles. The molecule has 0 aromatic rings. The Hall–Kier alpha value is -1.91. The number of carbonyl (C=O) groups excluding carboxylic acids is 2. The molecule has 0 atom stereocenters. The number of halogens is 12. The maximum absolute atomic E-state index is 11.3. The predicted molar refractivity (Wildman–Crippen MR) is 50.4 cm³/mol. The minimum Gasteiger partial charge on any atom is -0.869 e. The molecule has 27 heavy (non-hydrogen) atoms. The molecule has 0 bridgehead atoms. The van der Waals surface area contributed by atoms with Crippen LogP contribution in [0.25, 0.3) is 0 Å². The third-order valence-corrected chi connectivity index (χ3v) is 1.64. The van der Waals surface area contributed by atoms with E-state index in [1.54, 1.807) is 0 Å². The predicted octanol–water partition coefficient (Wildman–Crippen LogP) is 1.85. The quantitative estimate of drug-likeness (QED) is 0.349. The van der Waals surface area contributed by atoms with Crippen LogP contribution in [0.15, 0.2) is 23.7 Å². The fraction of sp³-hybridized carbons (Fsp3) is 0.400. The van der Waals surface area contributed by atoms with Crippen molar-refractivity contribution in [3.8, 4) is 0 Å². The van der Waals surface area contributed by atoms with E-state index in [-0.39, 0.29) is 16.8 Å². The first kappa shape index (κ1) is 29.8. The molecule has 0 aliphatic carbocycles. The molecule has 0 fully saturated rings. The summed E-state index contributed by atoms with van der Waals surface area (Å²) >= 11 is 0. The third kappa shape index (κ3) is 13.0. The molecule has 0 rings (SSSR count). The van der Waals surface area contributed by atoms with Gasteiger partial charge in [0.15, 0.2) is 0 Å². The minimum absolute atomic E-state index is 0. The summed E-state index contributed by atoms with van der Waals surface area (Å²) in [4.78, 5) is 19.6. The molecule has 17 heteroatoms. The molecular weight excluding hydrogens is 471 g/mol. The Kier molecular flexibility index (Phi) is 10.9. The molecule has 0 aromatic heterocycles. The Morgan fingerprint density at radius 1 is 0.519 bits per heavy atom. The third-order valence-electron chi connectivity index (χ3n) is 1.64. The van der Waals surface area contributed by atoms with Gasteiger partial charge in [-0.15, -0.1) is 0 Å². The van der Waals surface area contributed by atoms with E-state index in [1.807, 2.05) is 0 Å². The Morgan fingerprint density at radius 3 is 0.815 bits per heavy atom. The van der Waals surface area contributed by atoms with Gasteiger partial charge in [-0.25, -0.2) is 0 Å². The second-order valence-electron chi connectivity index (χ2n) is 3.74. The first-order chi connectivity index (χ1) is 11.1. The van der Waals surface area contributed by atoms with Gasteiger partial charge in [0.1, 0.15) is 0 Å². The number of hydrogen-bond acceptors (Lipinski definition) is 4. The van der Waals surface area contributed by atoms with Gasteiger partial charge in [0, 0.05) is 16.8 Å². The van der Waals surface area contributed by atoms with Crippen LogP contribution in [0.4, 0.5) is 52.7 Å². The minimum atomic E-state index is -5.46. The second kappa shape index (κ2) is 9.86. The zero-order chi connectivity index (χ0) is 21.7. The molecule has 0 unspecified atom stereocenters. The van der Waals surface area contributed by atoms with Gasteiger partial charge in [-0.2, -0.15) is 52.7 Å². The van der Waals surface area contributed by atoms with Gasteiger partial charge in [-0.3, -0.25) is 9.59 Å². The van der Waals surface area contributed by atoms with E-state index < -0.39 is 59.9 Å². The molecule has 1 radical (unpaired) electrons. The molecule has 0 amide bonds. The van der Waals surface area contributed by atoms with Crippen LogP contribution in [0.2, 0.25) is 0 Å². The Balaban J connectivity index is -0.000000411. The summed E-state index contributed by atoms with van der Waals surface area (Å²) in [7, 11) is 0. The van der Waals surface area contributed by atoms with Gasteiger partial charge < -0.3 is 10.2 Å². The normalized spacial score (nSPS) is 13.9. The molecular formula is C10H2CoF12O4-2. The van der Waals surface area contributed by atoms with Gasteiger partial charge in [-0.1, -0.05) is 0 Å². The van der Waals surface area contributed by atoms with E-state index >= 15 is 0 Å². The van der Waals surface area contributed by atoms with E-state index in [0.29, 0.717) is 0 Å². The molecule has 0 heterocycles. The number of ketones is 2. The van der Waals surface area contributed by atoms with Crippen molar-refractivity contribution >= 4 is 11.6 Å². The van der Waals surface area contributed by atoms with Gasteiger partial charge in [0.25, 0.3) is 11.6 Å². The standard InChI is InChI=1S/2C5H2F6O2.Co/c2*6-4(7,8)2(12)1-3(13)5(9,10)11;/h2*1,12H;/p-2/b2*2-1-;. The summed E-state index contributed by atoms with van der Waals surface area (Å²) in [6.45, 7) is 0. The van der Waals surface area contributed by atoms with Crippen molar-refractivity contribution in [1.82, 2.24) is 0 Å². The molecule has 4 nitrogen and oxygen atoms in total. The zero-order valence-electron chi connectivity index (χ0n) is 11.7. The van der Waals surface area contributed by atoms with E-state index in [4.69, 9.17) is 0 Å². The van der Waals surface area contributed by atoms with Crippen molar-refractivity contribution in [3.05, 3.63) is 23.7 Å². The molecule has 161 valence electrons. The summed E-state index contributed by atoms with van der Waals surface area (Å²) in [5.74, 6) is -11.3. The first-order valence-electron chi connectivity index (χ1n) is 5.24. The van der Waals surface area contributed by atoms with Crippen molar-refractivity contribution in [2.75, 3.05) is 0 Å². The summed E-state index contributed by atoms with van der Waals surface area (Å²) in [5.41, 5.74) is 0. The van der Waals surface area contributed by atoms with Crippen molar-refractivity contribution in [3.63, 3.8) is 0 Å². The monoisotopic (exact) mass is 473 g/mol. The summed E-state index contributed by atoms with van der Waals surface area (Å²) in [6.07, 6.45) is -23.9. The largest absolute Gasteiger partial charge is 0.869 e. The van der Waals surface area contributed by atoms with Crippen LogP contribution in [0, 0.1) is 0 Å². The van der Waals surface area contributed by atoms with Crippen LogP contribution in [0.1, 0.15) is 0 Å². The molecule has 0 aliphatic heterocycles. The Morgan fingerprint density at radius 2 is 0.704 bits per heavy atom. The Bertz CT molecular complexity index is 527. The van der Waals surface area contributed by atoms with Crippen molar-refractivity contribution in [2.45, 2.75) is 24.7 Å². The van der Waals surface area contributed by atoms with Gasteiger partial charge in [0.2, 0.25) is 0 Å². The first-order valence-corrected chi connectivity index (χ1v) is 5.24. The number of carbonyl (C=O) groups is 2. The SMILES string of the molecule is O=C(/C=C(\[O-])C(F)(F)F)C(F)(F)F.O=C(/C=C(\[O-])C(F)(F)F)C(F)(F)F.[Co]. The van der Waals surface area contributed by atoms with E-state index in [2.05, 4.69) is 0 Å². The maximum Gasteiger partial charge on any atom is 0.454 e. The molecule has 0 N–H and O–H groups in total. The van der Waals surface area contributed by atoms with E-state index in [9.17, 15) is 72.5 Å². The van der Waals surface area contributed by atoms with Crippen LogP contribution < -0.4 is 10.2 Å².